The smallest absolute Gasteiger partial charge is 0.265 e. The standard InChI is InChI=1S/C24H24N2O2/c1-3-23(28-18-10-6-5-7-11-18)24(27)25-17-14-15-22-20(16-17)19-12-8-9-13-21(19)26(22)4-2/h5-16,23H,3-4H2,1-2H3,(H,25,27). The van der Waals surface area contributed by atoms with E-state index in [2.05, 4.69) is 47.1 Å². The first kappa shape index (κ1) is 18.1. The molecule has 1 amide bonds. The number of aryl methyl sites for hydroxylation is 1. The molecule has 1 aromatic heterocycles. The van der Waals surface area contributed by atoms with Crippen LogP contribution in [0.5, 0.6) is 5.75 Å². The predicted molar refractivity (Wildman–Crippen MR) is 115 cm³/mol. The van der Waals surface area contributed by atoms with Gasteiger partial charge in [0, 0.05) is 34.0 Å². The number of carbonyl (C=O) groups is 1. The number of nitrogens with one attached hydrogen (secondary N) is 1. The zero-order valence-electron chi connectivity index (χ0n) is 16.2. The lowest BCUT2D eigenvalue weighted by Crippen LogP contribution is -2.32. The van der Waals surface area contributed by atoms with Gasteiger partial charge in [0.25, 0.3) is 5.91 Å². The van der Waals surface area contributed by atoms with Gasteiger partial charge < -0.3 is 14.6 Å². The summed E-state index contributed by atoms with van der Waals surface area (Å²) in [6.07, 6.45) is 0.0630. The van der Waals surface area contributed by atoms with Gasteiger partial charge in [-0.05, 0) is 49.7 Å². The normalized spacial score (nSPS) is 12.2. The van der Waals surface area contributed by atoms with E-state index in [-0.39, 0.29) is 5.91 Å². The van der Waals surface area contributed by atoms with Gasteiger partial charge in [0.05, 0.1) is 0 Å². The van der Waals surface area contributed by atoms with Gasteiger partial charge in [-0.1, -0.05) is 43.3 Å². The molecule has 3 aromatic carbocycles. The molecule has 28 heavy (non-hydrogen) atoms. The van der Waals surface area contributed by atoms with Crippen molar-refractivity contribution in [1.82, 2.24) is 4.57 Å². The molecule has 0 saturated heterocycles. The first-order valence-electron chi connectivity index (χ1n) is 9.74. The molecule has 4 nitrogen and oxygen atoms in total. The molecule has 1 unspecified atom stereocenters. The third kappa shape index (κ3) is 3.33. The van der Waals surface area contributed by atoms with Crippen molar-refractivity contribution in [3.63, 3.8) is 0 Å². The fourth-order valence-electron chi connectivity index (χ4n) is 3.68. The summed E-state index contributed by atoms with van der Waals surface area (Å²) in [5.41, 5.74) is 3.17. The van der Waals surface area contributed by atoms with E-state index in [1.165, 1.54) is 16.4 Å². The van der Waals surface area contributed by atoms with Crippen molar-refractivity contribution in [3.8, 4) is 5.75 Å². The van der Waals surface area contributed by atoms with Gasteiger partial charge in [-0.25, -0.2) is 0 Å². The number of hydrogen-bond donors (Lipinski definition) is 1. The number of fused-ring (bicyclic) bond motifs is 3. The highest BCUT2D eigenvalue weighted by Gasteiger charge is 2.19. The van der Waals surface area contributed by atoms with Crippen molar-refractivity contribution >= 4 is 33.4 Å². The van der Waals surface area contributed by atoms with Crippen molar-refractivity contribution in [2.24, 2.45) is 0 Å². The van der Waals surface area contributed by atoms with Crippen LogP contribution in [0.1, 0.15) is 20.3 Å². The second-order valence-corrected chi connectivity index (χ2v) is 6.81. The molecule has 0 aliphatic heterocycles. The second kappa shape index (κ2) is 7.77. The first-order chi connectivity index (χ1) is 13.7. The average molecular weight is 372 g/mol. The molecule has 0 spiro atoms. The molecule has 1 atom stereocenters. The van der Waals surface area contributed by atoms with Crippen LogP contribution in [0, 0.1) is 0 Å². The van der Waals surface area contributed by atoms with Crippen LogP contribution in [0.3, 0.4) is 0 Å². The van der Waals surface area contributed by atoms with Crippen LogP contribution < -0.4 is 10.1 Å². The third-order valence-electron chi connectivity index (χ3n) is 5.04. The Kier molecular flexibility index (Phi) is 5.02. The molecule has 0 radical (unpaired) electrons. The van der Waals surface area contributed by atoms with Crippen LogP contribution in [0.2, 0.25) is 0 Å². The number of rotatable bonds is 6. The Bertz CT molecular complexity index is 1120. The van der Waals surface area contributed by atoms with Crippen LogP contribution in [0.4, 0.5) is 5.69 Å². The van der Waals surface area contributed by atoms with E-state index in [0.717, 1.165) is 17.6 Å². The third-order valence-corrected chi connectivity index (χ3v) is 5.04. The summed E-state index contributed by atoms with van der Waals surface area (Å²) in [6, 6.07) is 23.9. The highest BCUT2D eigenvalue weighted by atomic mass is 16.5. The van der Waals surface area contributed by atoms with E-state index in [0.29, 0.717) is 12.2 Å². The molecule has 0 fully saturated rings. The number of aromatic nitrogens is 1. The summed E-state index contributed by atoms with van der Waals surface area (Å²) in [5.74, 6) is 0.566. The summed E-state index contributed by atoms with van der Waals surface area (Å²) < 4.78 is 8.16. The molecule has 0 aliphatic carbocycles. The zero-order valence-corrected chi connectivity index (χ0v) is 16.2. The van der Waals surface area contributed by atoms with Gasteiger partial charge in [-0.2, -0.15) is 0 Å². The van der Waals surface area contributed by atoms with Crippen molar-refractivity contribution < 1.29 is 9.53 Å². The van der Waals surface area contributed by atoms with E-state index in [1.807, 2.05) is 49.4 Å². The fourth-order valence-corrected chi connectivity index (χ4v) is 3.68. The Morgan fingerprint density at radius 3 is 2.39 bits per heavy atom. The lowest BCUT2D eigenvalue weighted by molar-refractivity contribution is -0.122. The number of ether oxygens (including phenoxy) is 1. The molecule has 0 saturated carbocycles. The number of carbonyl (C=O) groups excluding carboxylic acids is 1. The molecule has 4 rings (SSSR count). The molecule has 4 heteroatoms. The predicted octanol–water partition coefficient (Wildman–Crippen LogP) is 5.61. The molecule has 142 valence electrons. The first-order valence-corrected chi connectivity index (χ1v) is 9.74. The van der Waals surface area contributed by atoms with Crippen LogP contribution in [-0.2, 0) is 11.3 Å². The molecular formula is C24H24N2O2. The number of hydrogen-bond acceptors (Lipinski definition) is 2. The van der Waals surface area contributed by atoms with Crippen LogP contribution in [0.25, 0.3) is 21.8 Å². The lowest BCUT2D eigenvalue weighted by atomic mass is 10.1. The monoisotopic (exact) mass is 372 g/mol. The summed E-state index contributed by atoms with van der Waals surface area (Å²) in [4.78, 5) is 12.8. The Morgan fingerprint density at radius 2 is 1.64 bits per heavy atom. The maximum absolute atomic E-state index is 12.8. The van der Waals surface area contributed by atoms with E-state index in [9.17, 15) is 4.79 Å². The molecule has 0 bridgehead atoms. The van der Waals surface area contributed by atoms with Crippen LogP contribution >= 0.6 is 0 Å². The maximum Gasteiger partial charge on any atom is 0.265 e. The van der Waals surface area contributed by atoms with Gasteiger partial charge in [0.2, 0.25) is 0 Å². The van der Waals surface area contributed by atoms with Crippen molar-refractivity contribution in [3.05, 3.63) is 72.8 Å². The molecule has 1 heterocycles. The SMILES string of the molecule is CCC(Oc1ccccc1)C(=O)Nc1ccc2c(c1)c1ccccc1n2CC. The number of anilines is 1. The summed E-state index contributed by atoms with van der Waals surface area (Å²) in [6.45, 7) is 5.00. The Balaban J connectivity index is 1.62. The number of para-hydroxylation sites is 2. The Hall–Kier alpha value is -3.27. The molecule has 0 aliphatic rings. The van der Waals surface area contributed by atoms with Crippen LogP contribution in [-0.4, -0.2) is 16.6 Å². The minimum Gasteiger partial charge on any atom is -0.481 e. The number of amides is 1. The summed E-state index contributed by atoms with van der Waals surface area (Å²) in [7, 11) is 0. The zero-order chi connectivity index (χ0) is 19.5. The minimum absolute atomic E-state index is 0.134. The van der Waals surface area contributed by atoms with E-state index in [1.54, 1.807) is 0 Å². The molecule has 4 aromatic rings. The van der Waals surface area contributed by atoms with E-state index >= 15 is 0 Å². The van der Waals surface area contributed by atoms with Gasteiger partial charge >= 0.3 is 0 Å². The number of benzene rings is 3. The quantitative estimate of drug-likeness (QED) is 0.478. The molecular weight excluding hydrogens is 348 g/mol. The lowest BCUT2D eigenvalue weighted by Gasteiger charge is -2.17. The van der Waals surface area contributed by atoms with Gasteiger partial charge in [-0.3, -0.25) is 4.79 Å². The van der Waals surface area contributed by atoms with Crippen molar-refractivity contribution in [2.45, 2.75) is 32.9 Å². The van der Waals surface area contributed by atoms with Crippen molar-refractivity contribution in [1.29, 1.82) is 0 Å². The topological polar surface area (TPSA) is 43.3 Å². The number of nitrogens with zero attached hydrogens (tertiary/aromatic N) is 1. The van der Waals surface area contributed by atoms with Crippen molar-refractivity contribution in [2.75, 3.05) is 5.32 Å². The Morgan fingerprint density at radius 1 is 0.929 bits per heavy atom. The maximum atomic E-state index is 12.8. The van der Waals surface area contributed by atoms with Gasteiger partial charge in [0.1, 0.15) is 5.75 Å². The highest BCUT2D eigenvalue weighted by molar-refractivity contribution is 6.10. The minimum atomic E-state index is -0.532. The fraction of sp³-hybridized carbons (Fsp3) is 0.208. The average Bonchev–Trinajstić information content (AvgIpc) is 3.05. The van der Waals surface area contributed by atoms with Crippen LogP contribution in [0.15, 0.2) is 72.8 Å². The Labute approximate surface area is 164 Å². The van der Waals surface area contributed by atoms with E-state index in [4.69, 9.17) is 4.74 Å². The summed E-state index contributed by atoms with van der Waals surface area (Å²) in [5, 5.41) is 5.37. The van der Waals surface area contributed by atoms with Gasteiger partial charge in [-0.15, -0.1) is 0 Å². The second-order valence-electron chi connectivity index (χ2n) is 6.81. The van der Waals surface area contributed by atoms with Gasteiger partial charge in [0.15, 0.2) is 6.10 Å². The largest absolute Gasteiger partial charge is 0.481 e. The highest BCUT2D eigenvalue weighted by Crippen LogP contribution is 2.31. The molecule has 1 N–H and O–H groups in total. The van der Waals surface area contributed by atoms with E-state index < -0.39 is 6.10 Å². The summed E-state index contributed by atoms with van der Waals surface area (Å²) >= 11 is 0.